The highest BCUT2D eigenvalue weighted by Crippen LogP contribution is 2.15. The Bertz CT molecular complexity index is 477. The summed E-state index contributed by atoms with van der Waals surface area (Å²) >= 11 is 0. The van der Waals surface area contributed by atoms with Crippen LogP contribution in [0.4, 0.5) is 0 Å². The van der Waals surface area contributed by atoms with E-state index in [1.165, 1.54) is 4.90 Å². The molecular weight excluding hydrogens is 252 g/mol. The molecule has 1 atom stereocenters. The number of aromatic nitrogens is 1. The van der Waals surface area contributed by atoms with Crippen LogP contribution in [0.3, 0.4) is 0 Å². The number of carbonyl (C=O) groups excluding carboxylic acids is 1. The van der Waals surface area contributed by atoms with Gasteiger partial charge >= 0.3 is 5.97 Å². The lowest BCUT2D eigenvalue weighted by Crippen LogP contribution is -2.49. The first kappa shape index (κ1) is 13.5. The largest absolute Gasteiger partial charge is 0.479 e. The van der Waals surface area contributed by atoms with E-state index in [1.54, 1.807) is 13.8 Å². The van der Waals surface area contributed by atoms with Gasteiger partial charge < -0.3 is 19.3 Å². The lowest BCUT2D eigenvalue weighted by molar-refractivity contribution is -0.159. The normalized spacial score (nSPS) is 19.5. The highest BCUT2D eigenvalue weighted by molar-refractivity contribution is 5.80. The highest BCUT2D eigenvalue weighted by atomic mass is 16.5. The molecule has 2 rings (SSSR count). The molecule has 2 heterocycles. The number of hydrogen-bond acceptors (Lipinski definition) is 5. The summed E-state index contributed by atoms with van der Waals surface area (Å²) in [6.45, 7) is 4.26. The second-order valence-corrected chi connectivity index (χ2v) is 4.52. The molecule has 1 fully saturated rings. The van der Waals surface area contributed by atoms with E-state index in [1.807, 2.05) is 0 Å². The van der Waals surface area contributed by atoms with Crippen molar-refractivity contribution in [1.29, 1.82) is 0 Å². The van der Waals surface area contributed by atoms with Crippen LogP contribution in [0.25, 0.3) is 0 Å². The Morgan fingerprint density at radius 2 is 2.21 bits per heavy atom. The van der Waals surface area contributed by atoms with Gasteiger partial charge in [0.05, 0.1) is 25.3 Å². The monoisotopic (exact) mass is 268 g/mol. The summed E-state index contributed by atoms with van der Waals surface area (Å²) in [7, 11) is 0. The zero-order chi connectivity index (χ0) is 14.0. The van der Waals surface area contributed by atoms with Crippen LogP contribution in [0.2, 0.25) is 0 Å². The number of aryl methyl sites for hydroxylation is 2. The van der Waals surface area contributed by atoms with Crippen molar-refractivity contribution < 1.29 is 24.0 Å². The zero-order valence-electron chi connectivity index (χ0n) is 10.9. The van der Waals surface area contributed by atoms with Crippen LogP contribution >= 0.6 is 0 Å². The van der Waals surface area contributed by atoms with Crippen LogP contribution in [0.15, 0.2) is 4.52 Å². The molecule has 0 aliphatic carbocycles. The maximum absolute atomic E-state index is 12.1. The molecule has 7 nitrogen and oxygen atoms in total. The average molecular weight is 268 g/mol. The van der Waals surface area contributed by atoms with Crippen LogP contribution in [0.1, 0.15) is 17.0 Å². The van der Waals surface area contributed by atoms with Gasteiger partial charge in [-0.1, -0.05) is 5.16 Å². The number of hydrogen-bond donors (Lipinski definition) is 1. The number of nitrogens with zero attached hydrogens (tertiary/aromatic N) is 2. The minimum absolute atomic E-state index is 0.0809. The molecule has 0 saturated carbocycles. The standard InChI is InChI=1S/C12H16N2O5/c1-7-9(8(2)19-13-7)5-11(15)14-3-4-18-10(6-14)12(16)17/h10H,3-6H2,1-2H3,(H,16,17). The molecule has 1 amide bonds. The summed E-state index contributed by atoms with van der Waals surface area (Å²) in [5.74, 6) is -0.562. The Balaban J connectivity index is 2.02. The van der Waals surface area contributed by atoms with Gasteiger partial charge in [-0.05, 0) is 13.8 Å². The molecule has 1 unspecified atom stereocenters. The van der Waals surface area contributed by atoms with E-state index in [0.29, 0.717) is 18.0 Å². The van der Waals surface area contributed by atoms with Gasteiger partial charge in [-0.2, -0.15) is 0 Å². The van der Waals surface area contributed by atoms with Crippen molar-refractivity contribution in [2.75, 3.05) is 19.7 Å². The first-order valence-corrected chi connectivity index (χ1v) is 6.03. The summed E-state index contributed by atoms with van der Waals surface area (Å²) in [6.07, 6.45) is -0.768. The zero-order valence-corrected chi connectivity index (χ0v) is 10.9. The fourth-order valence-electron chi connectivity index (χ4n) is 2.04. The predicted molar refractivity (Wildman–Crippen MR) is 63.6 cm³/mol. The number of carboxylic acids is 1. The van der Waals surface area contributed by atoms with E-state index in [2.05, 4.69) is 5.16 Å². The molecule has 1 aromatic rings. The minimum Gasteiger partial charge on any atom is -0.479 e. The van der Waals surface area contributed by atoms with Crippen molar-refractivity contribution in [2.24, 2.45) is 0 Å². The molecule has 19 heavy (non-hydrogen) atoms. The second-order valence-electron chi connectivity index (χ2n) is 4.52. The van der Waals surface area contributed by atoms with Crippen LogP contribution < -0.4 is 0 Å². The summed E-state index contributed by atoms with van der Waals surface area (Å²) < 4.78 is 10.1. The Hall–Kier alpha value is -1.89. The number of amides is 1. The van der Waals surface area contributed by atoms with Gasteiger partial charge in [0.1, 0.15) is 5.76 Å². The summed E-state index contributed by atoms with van der Waals surface area (Å²) in [5, 5.41) is 12.7. The first-order chi connectivity index (χ1) is 8.99. The quantitative estimate of drug-likeness (QED) is 0.838. The van der Waals surface area contributed by atoms with Crippen molar-refractivity contribution in [2.45, 2.75) is 26.4 Å². The summed E-state index contributed by atoms with van der Waals surface area (Å²) in [6, 6.07) is 0. The van der Waals surface area contributed by atoms with E-state index < -0.39 is 12.1 Å². The van der Waals surface area contributed by atoms with Gasteiger partial charge in [0.25, 0.3) is 0 Å². The van der Waals surface area contributed by atoms with Gasteiger partial charge in [-0.3, -0.25) is 4.79 Å². The Kier molecular flexibility index (Phi) is 3.84. The van der Waals surface area contributed by atoms with Gasteiger partial charge in [-0.15, -0.1) is 0 Å². The van der Waals surface area contributed by atoms with Crippen molar-refractivity contribution in [3.05, 3.63) is 17.0 Å². The Morgan fingerprint density at radius 1 is 1.47 bits per heavy atom. The van der Waals surface area contributed by atoms with Crippen LogP contribution in [-0.2, 0) is 20.7 Å². The predicted octanol–water partition coefficient (Wildman–Crippen LogP) is 0.146. The molecule has 0 aromatic carbocycles. The lowest BCUT2D eigenvalue weighted by Gasteiger charge is -2.30. The van der Waals surface area contributed by atoms with Gasteiger partial charge in [0.2, 0.25) is 5.91 Å². The van der Waals surface area contributed by atoms with Gasteiger partial charge in [0.15, 0.2) is 6.10 Å². The first-order valence-electron chi connectivity index (χ1n) is 6.03. The topological polar surface area (TPSA) is 92.9 Å². The molecule has 0 spiro atoms. The van der Waals surface area contributed by atoms with Crippen LogP contribution in [0, 0.1) is 13.8 Å². The van der Waals surface area contributed by atoms with E-state index in [4.69, 9.17) is 14.4 Å². The Morgan fingerprint density at radius 3 is 2.79 bits per heavy atom. The molecule has 0 radical (unpaired) electrons. The van der Waals surface area contributed by atoms with Crippen LogP contribution in [-0.4, -0.2) is 52.8 Å². The third-order valence-corrected chi connectivity index (χ3v) is 3.20. The summed E-state index contributed by atoms with van der Waals surface area (Å²) in [5.41, 5.74) is 1.46. The fraction of sp³-hybridized carbons (Fsp3) is 0.583. The lowest BCUT2D eigenvalue weighted by atomic mass is 10.1. The third kappa shape index (κ3) is 2.93. The molecule has 1 aliphatic rings. The van der Waals surface area contributed by atoms with Crippen molar-refractivity contribution in [3.8, 4) is 0 Å². The molecule has 7 heteroatoms. The van der Waals surface area contributed by atoms with E-state index in [9.17, 15) is 9.59 Å². The van der Waals surface area contributed by atoms with E-state index in [-0.39, 0.29) is 25.5 Å². The van der Waals surface area contributed by atoms with Gasteiger partial charge in [0, 0.05) is 12.1 Å². The molecule has 1 aliphatic heterocycles. The number of aliphatic carboxylic acids is 1. The van der Waals surface area contributed by atoms with Crippen molar-refractivity contribution >= 4 is 11.9 Å². The van der Waals surface area contributed by atoms with Crippen molar-refractivity contribution in [3.63, 3.8) is 0 Å². The fourth-order valence-corrected chi connectivity index (χ4v) is 2.04. The SMILES string of the molecule is Cc1noc(C)c1CC(=O)N1CCOC(C(=O)O)C1. The second kappa shape index (κ2) is 5.40. The molecule has 104 valence electrons. The molecule has 1 aromatic heterocycles. The minimum atomic E-state index is -1.05. The molecule has 0 bridgehead atoms. The third-order valence-electron chi connectivity index (χ3n) is 3.20. The highest BCUT2D eigenvalue weighted by Gasteiger charge is 2.29. The number of rotatable bonds is 3. The van der Waals surface area contributed by atoms with Crippen LogP contribution in [0.5, 0.6) is 0 Å². The number of morpholine rings is 1. The maximum atomic E-state index is 12.1. The van der Waals surface area contributed by atoms with E-state index >= 15 is 0 Å². The number of carboxylic acid groups (broad SMARTS) is 1. The maximum Gasteiger partial charge on any atom is 0.334 e. The summed E-state index contributed by atoms with van der Waals surface area (Å²) in [4.78, 5) is 24.5. The smallest absolute Gasteiger partial charge is 0.334 e. The van der Waals surface area contributed by atoms with Gasteiger partial charge in [-0.25, -0.2) is 4.79 Å². The molecule has 1 saturated heterocycles. The average Bonchev–Trinajstić information content (AvgIpc) is 2.70. The number of carbonyl (C=O) groups is 2. The number of ether oxygens (including phenoxy) is 1. The molecular formula is C12H16N2O5. The molecule has 1 N–H and O–H groups in total. The van der Waals surface area contributed by atoms with E-state index in [0.717, 1.165) is 5.56 Å². The van der Waals surface area contributed by atoms with Crippen molar-refractivity contribution in [1.82, 2.24) is 10.1 Å². The Labute approximate surface area is 110 Å².